The summed E-state index contributed by atoms with van der Waals surface area (Å²) in [6, 6.07) is 4.57. The van der Waals surface area contributed by atoms with E-state index in [1.54, 1.807) is 6.07 Å². The maximum atomic E-state index is 15.0. The molecular weight excluding hydrogens is 431 g/mol. The van der Waals surface area contributed by atoms with Gasteiger partial charge in [0, 0.05) is 18.0 Å². The van der Waals surface area contributed by atoms with Gasteiger partial charge in [-0.3, -0.25) is 9.89 Å². The molecular formula is C20H16ClFN4O3S. The first-order chi connectivity index (χ1) is 14.5. The van der Waals surface area contributed by atoms with Crippen molar-refractivity contribution in [2.75, 3.05) is 7.11 Å². The number of nitrogens with zero attached hydrogens (tertiary/aromatic N) is 3. The summed E-state index contributed by atoms with van der Waals surface area (Å²) in [5.74, 6) is -0.979. The van der Waals surface area contributed by atoms with Gasteiger partial charge in [0.05, 0.1) is 33.8 Å². The van der Waals surface area contributed by atoms with Crippen LogP contribution >= 0.6 is 22.9 Å². The van der Waals surface area contributed by atoms with Gasteiger partial charge in [0.2, 0.25) is 5.88 Å². The van der Waals surface area contributed by atoms with Gasteiger partial charge in [-0.1, -0.05) is 11.6 Å². The number of aryl methyl sites for hydroxylation is 1. The number of carbonyl (C=O) groups excluding carboxylic acids is 1. The van der Waals surface area contributed by atoms with Crippen LogP contribution in [0.15, 0.2) is 29.8 Å². The summed E-state index contributed by atoms with van der Waals surface area (Å²) in [6.07, 6.45) is 1.43. The number of rotatable bonds is 7. The lowest BCUT2D eigenvalue weighted by Crippen LogP contribution is -2.09. The van der Waals surface area contributed by atoms with Crippen molar-refractivity contribution in [1.29, 1.82) is 0 Å². The third-order valence-corrected chi connectivity index (χ3v) is 5.51. The molecule has 3 aromatic heterocycles. The SMILES string of the molecule is COc1n[nH]c2ncc(CC(=O)c3c(Cl)ccc(OCc4csc(C)n4)c3F)cc12. The van der Waals surface area contributed by atoms with Crippen LogP contribution < -0.4 is 9.47 Å². The normalized spacial score (nSPS) is 11.1. The molecule has 30 heavy (non-hydrogen) atoms. The van der Waals surface area contributed by atoms with Gasteiger partial charge >= 0.3 is 0 Å². The van der Waals surface area contributed by atoms with Gasteiger partial charge in [0.25, 0.3) is 0 Å². The summed E-state index contributed by atoms with van der Waals surface area (Å²) in [4.78, 5) is 21.3. The third kappa shape index (κ3) is 3.99. The van der Waals surface area contributed by atoms with Gasteiger partial charge in [-0.05, 0) is 30.7 Å². The Morgan fingerprint density at radius 3 is 2.93 bits per heavy atom. The van der Waals surface area contributed by atoms with Gasteiger partial charge in [0.15, 0.2) is 23.0 Å². The zero-order chi connectivity index (χ0) is 21.3. The van der Waals surface area contributed by atoms with Crippen LogP contribution in [-0.4, -0.2) is 33.1 Å². The molecule has 3 heterocycles. The number of hydrogen-bond donors (Lipinski definition) is 1. The maximum Gasteiger partial charge on any atom is 0.241 e. The van der Waals surface area contributed by atoms with E-state index in [-0.39, 0.29) is 29.4 Å². The average molecular weight is 447 g/mol. The van der Waals surface area contributed by atoms with Crippen molar-refractivity contribution in [3.63, 3.8) is 0 Å². The number of ether oxygens (including phenoxy) is 2. The minimum Gasteiger partial charge on any atom is -0.484 e. The van der Waals surface area contributed by atoms with E-state index >= 15 is 4.39 Å². The molecule has 4 aromatic rings. The topological polar surface area (TPSA) is 90.0 Å². The lowest BCUT2D eigenvalue weighted by atomic mass is 10.0. The number of carbonyl (C=O) groups is 1. The Morgan fingerprint density at radius 2 is 2.20 bits per heavy atom. The van der Waals surface area contributed by atoms with Crippen molar-refractivity contribution >= 4 is 39.8 Å². The summed E-state index contributed by atoms with van der Waals surface area (Å²) < 4.78 is 25.7. The number of Topliss-reactive ketones (excluding diaryl/α,β-unsaturated/α-hetero) is 1. The third-order valence-electron chi connectivity index (χ3n) is 4.37. The molecule has 0 unspecified atom stereocenters. The summed E-state index contributed by atoms with van der Waals surface area (Å²) in [7, 11) is 1.49. The lowest BCUT2D eigenvalue weighted by molar-refractivity contribution is 0.0988. The summed E-state index contributed by atoms with van der Waals surface area (Å²) in [6.45, 7) is 1.97. The largest absolute Gasteiger partial charge is 0.484 e. The fourth-order valence-corrected chi connectivity index (χ4v) is 3.83. The van der Waals surface area contributed by atoms with Crippen LogP contribution in [0.1, 0.15) is 26.6 Å². The summed E-state index contributed by atoms with van der Waals surface area (Å²) in [5.41, 5.74) is 1.57. The molecule has 0 atom stereocenters. The van der Waals surface area contributed by atoms with Gasteiger partial charge in [-0.15, -0.1) is 16.4 Å². The van der Waals surface area contributed by atoms with Crippen LogP contribution in [0, 0.1) is 12.7 Å². The molecule has 0 aliphatic carbocycles. The number of nitrogens with one attached hydrogen (secondary N) is 1. The Kier molecular flexibility index (Phi) is 5.65. The second kappa shape index (κ2) is 8.37. The average Bonchev–Trinajstić information content (AvgIpc) is 3.32. The fraction of sp³-hybridized carbons (Fsp3) is 0.200. The number of ketones is 1. The molecule has 10 heteroatoms. The number of hydrogen-bond acceptors (Lipinski definition) is 7. The Labute approximate surface area is 179 Å². The summed E-state index contributed by atoms with van der Waals surface area (Å²) >= 11 is 7.61. The zero-order valence-electron chi connectivity index (χ0n) is 16.0. The van der Waals surface area contributed by atoms with Gasteiger partial charge in [0.1, 0.15) is 6.61 Å². The number of aromatic nitrogens is 4. The van der Waals surface area contributed by atoms with E-state index in [1.807, 2.05) is 12.3 Å². The molecule has 1 N–H and O–H groups in total. The molecule has 154 valence electrons. The minimum atomic E-state index is -0.797. The Bertz CT molecular complexity index is 1240. The predicted molar refractivity (Wildman–Crippen MR) is 111 cm³/mol. The fourth-order valence-electron chi connectivity index (χ4n) is 2.98. The highest BCUT2D eigenvalue weighted by Gasteiger charge is 2.21. The molecule has 0 radical (unpaired) electrons. The first kappa shape index (κ1) is 20.2. The van der Waals surface area contributed by atoms with Crippen molar-refractivity contribution in [3.05, 3.63) is 62.4 Å². The van der Waals surface area contributed by atoms with E-state index in [4.69, 9.17) is 21.1 Å². The molecule has 1 aromatic carbocycles. The molecule has 0 fully saturated rings. The monoisotopic (exact) mass is 446 g/mol. The quantitative estimate of drug-likeness (QED) is 0.419. The number of benzene rings is 1. The standard InChI is InChI=1S/C20H16ClFN4O3S/c1-10-24-12(9-30-10)8-29-16-4-3-14(21)17(18(16)22)15(27)6-11-5-13-19(23-7-11)25-26-20(13)28-2/h3-5,7,9H,6,8H2,1-2H3,(H,23,25,26). The van der Waals surface area contributed by atoms with E-state index < -0.39 is 11.6 Å². The number of thiazole rings is 1. The maximum absolute atomic E-state index is 15.0. The first-order valence-electron chi connectivity index (χ1n) is 8.88. The van der Waals surface area contributed by atoms with Crippen LogP contribution in [-0.2, 0) is 13.0 Å². The van der Waals surface area contributed by atoms with Gasteiger partial charge < -0.3 is 9.47 Å². The lowest BCUT2D eigenvalue weighted by Gasteiger charge is -2.11. The van der Waals surface area contributed by atoms with Crippen LogP contribution in [0.4, 0.5) is 4.39 Å². The Hall–Kier alpha value is -3.04. The number of H-pyrrole nitrogens is 1. The van der Waals surface area contributed by atoms with Crippen molar-refractivity contribution < 1.29 is 18.7 Å². The number of pyridine rings is 1. The Morgan fingerprint density at radius 1 is 1.37 bits per heavy atom. The second-order valence-corrected chi connectivity index (χ2v) is 7.92. The van der Waals surface area contributed by atoms with Gasteiger partial charge in [-0.25, -0.2) is 14.4 Å². The van der Waals surface area contributed by atoms with E-state index in [2.05, 4.69) is 20.2 Å². The van der Waals surface area contributed by atoms with E-state index in [0.29, 0.717) is 28.2 Å². The van der Waals surface area contributed by atoms with E-state index in [0.717, 1.165) is 5.01 Å². The molecule has 4 rings (SSSR count). The van der Waals surface area contributed by atoms with Crippen LogP contribution in [0.5, 0.6) is 11.6 Å². The van der Waals surface area contributed by atoms with E-state index in [1.165, 1.54) is 36.8 Å². The molecule has 0 saturated carbocycles. The molecule has 0 aliphatic heterocycles. The zero-order valence-corrected chi connectivity index (χ0v) is 17.6. The highest BCUT2D eigenvalue weighted by molar-refractivity contribution is 7.09. The number of methoxy groups -OCH3 is 1. The van der Waals surface area contributed by atoms with Crippen LogP contribution in [0.3, 0.4) is 0 Å². The predicted octanol–water partition coefficient (Wildman–Crippen LogP) is 4.53. The molecule has 0 amide bonds. The Balaban J connectivity index is 1.57. The number of aromatic amines is 1. The van der Waals surface area contributed by atoms with Crippen LogP contribution in [0.2, 0.25) is 5.02 Å². The second-order valence-electron chi connectivity index (χ2n) is 6.45. The summed E-state index contributed by atoms with van der Waals surface area (Å²) in [5, 5.41) is 10.1. The van der Waals surface area contributed by atoms with Crippen molar-refractivity contribution in [1.82, 2.24) is 20.2 Å². The first-order valence-corrected chi connectivity index (χ1v) is 10.1. The molecule has 0 aliphatic rings. The minimum absolute atomic E-state index is 0.0179. The number of fused-ring (bicyclic) bond motifs is 1. The number of halogens is 2. The molecule has 0 saturated heterocycles. The van der Waals surface area contributed by atoms with Crippen molar-refractivity contribution in [3.8, 4) is 11.6 Å². The molecule has 7 nitrogen and oxygen atoms in total. The molecule has 0 bridgehead atoms. The van der Waals surface area contributed by atoms with Crippen LogP contribution in [0.25, 0.3) is 11.0 Å². The smallest absolute Gasteiger partial charge is 0.241 e. The van der Waals surface area contributed by atoms with E-state index in [9.17, 15) is 4.79 Å². The van der Waals surface area contributed by atoms with Crippen molar-refractivity contribution in [2.24, 2.45) is 0 Å². The molecule has 0 spiro atoms. The highest BCUT2D eigenvalue weighted by Crippen LogP contribution is 2.30. The van der Waals surface area contributed by atoms with Crippen molar-refractivity contribution in [2.45, 2.75) is 20.0 Å². The highest BCUT2D eigenvalue weighted by atomic mass is 35.5. The van der Waals surface area contributed by atoms with Gasteiger partial charge in [-0.2, -0.15) is 0 Å².